The molecule has 2 aliphatic heterocycles. The predicted octanol–water partition coefficient (Wildman–Crippen LogP) is 6.04. The largest absolute Gasteiger partial charge is 0.488 e. The number of ether oxygens (including phenoxy) is 2. The van der Waals surface area contributed by atoms with Crippen LogP contribution in [0, 0.1) is 0 Å². The summed E-state index contributed by atoms with van der Waals surface area (Å²) in [6.07, 6.45) is 4.14. The number of esters is 1. The van der Waals surface area contributed by atoms with Crippen LogP contribution in [0.25, 0.3) is 5.57 Å². The lowest BCUT2D eigenvalue weighted by Crippen LogP contribution is -2.39. The Bertz CT molecular complexity index is 1270. The third kappa shape index (κ3) is 5.05. The van der Waals surface area contributed by atoms with Crippen molar-refractivity contribution in [3.63, 3.8) is 0 Å². The van der Waals surface area contributed by atoms with Crippen LogP contribution in [-0.2, 0) is 11.3 Å². The van der Waals surface area contributed by atoms with Crippen LogP contribution in [0.4, 0.5) is 0 Å². The first-order valence-corrected chi connectivity index (χ1v) is 12.7. The summed E-state index contributed by atoms with van der Waals surface area (Å²) in [5, 5.41) is 11.1. The number of hydrogen-bond acceptors (Lipinski definition) is 5. The molecule has 5 nitrogen and oxygen atoms in total. The van der Waals surface area contributed by atoms with Crippen molar-refractivity contribution in [1.29, 1.82) is 0 Å². The number of likely N-dealkylation sites (tertiary alicyclic amines) is 1. The zero-order chi connectivity index (χ0) is 25.1. The smallest absolute Gasteiger partial charge is 0.338 e. The number of carbonyl (C=O) groups is 1. The van der Waals surface area contributed by atoms with Crippen molar-refractivity contribution in [2.45, 2.75) is 38.0 Å². The van der Waals surface area contributed by atoms with E-state index in [4.69, 9.17) is 21.1 Å². The molecular formula is C30H30ClNO4. The first-order chi connectivity index (χ1) is 17.5. The maximum absolute atomic E-state index is 12.7. The molecule has 5 rings (SSSR count). The molecule has 0 spiro atoms. The molecule has 0 aliphatic carbocycles. The molecule has 2 atom stereocenters. The van der Waals surface area contributed by atoms with Crippen molar-refractivity contribution in [1.82, 2.24) is 4.90 Å². The molecule has 36 heavy (non-hydrogen) atoms. The topological polar surface area (TPSA) is 59.0 Å². The Morgan fingerprint density at radius 3 is 2.75 bits per heavy atom. The second kappa shape index (κ2) is 10.9. The van der Waals surface area contributed by atoms with Gasteiger partial charge >= 0.3 is 5.97 Å². The lowest BCUT2D eigenvalue weighted by molar-refractivity contribution is 0.0418. The number of nitrogens with zero attached hydrogens (tertiary/aromatic N) is 1. The maximum Gasteiger partial charge on any atom is 0.338 e. The highest BCUT2D eigenvalue weighted by Crippen LogP contribution is 2.40. The SMILES string of the molecule is COC(=O)c1cccc2c1C(=CCCN1CCC(O)CC1c1ccc(Cl)cc1)c1ccccc1CO2. The van der Waals surface area contributed by atoms with Crippen LogP contribution in [0.15, 0.2) is 72.8 Å². The summed E-state index contributed by atoms with van der Waals surface area (Å²) in [6.45, 7) is 2.08. The molecule has 2 unspecified atom stereocenters. The van der Waals surface area contributed by atoms with Crippen LogP contribution in [0.3, 0.4) is 0 Å². The number of aliphatic hydroxyl groups excluding tert-OH is 1. The minimum Gasteiger partial charge on any atom is -0.488 e. The molecule has 6 heteroatoms. The van der Waals surface area contributed by atoms with Crippen molar-refractivity contribution < 1.29 is 19.4 Å². The van der Waals surface area contributed by atoms with E-state index in [0.717, 1.165) is 53.8 Å². The quantitative estimate of drug-likeness (QED) is 0.430. The molecule has 186 valence electrons. The zero-order valence-corrected chi connectivity index (χ0v) is 21.1. The van der Waals surface area contributed by atoms with Crippen molar-refractivity contribution >= 4 is 23.1 Å². The third-order valence-electron chi connectivity index (χ3n) is 7.10. The van der Waals surface area contributed by atoms with Gasteiger partial charge in [0.2, 0.25) is 0 Å². The molecule has 1 fully saturated rings. The van der Waals surface area contributed by atoms with Gasteiger partial charge in [0, 0.05) is 29.7 Å². The first kappa shape index (κ1) is 24.6. The summed E-state index contributed by atoms with van der Waals surface area (Å²) in [4.78, 5) is 15.1. The first-order valence-electron chi connectivity index (χ1n) is 12.4. The Kier molecular flexibility index (Phi) is 7.42. The summed E-state index contributed by atoms with van der Waals surface area (Å²) in [6, 6.07) is 21.7. The molecule has 0 saturated carbocycles. The van der Waals surface area contributed by atoms with Crippen LogP contribution < -0.4 is 4.74 Å². The average Bonchev–Trinajstić information content (AvgIpc) is 3.06. The predicted molar refractivity (Wildman–Crippen MR) is 141 cm³/mol. The van der Waals surface area contributed by atoms with Gasteiger partial charge in [-0.3, -0.25) is 4.90 Å². The number of hydrogen-bond donors (Lipinski definition) is 1. The van der Waals surface area contributed by atoms with E-state index in [1.807, 2.05) is 48.5 Å². The number of piperidine rings is 1. The highest BCUT2D eigenvalue weighted by molar-refractivity contribution is 6.30. The molecule has 2 heterocycles. The van der Waals surface area contributed by atoms with E-state index in [2.05, 4.69) is 23.1 Å². The molecule has 3 aromatic rings. The Balaban J connectivity index is 1.48. The van der Waals surface area contributed by atoms with Crippen LogP contribution in [0.5, 0.6) is 5.75 Å². The number of methoxy groups -OCH3 is 1. The lowest BCUT2D eigenvalue weighted by atomic mass is 9.90. The minimum atomic E-state index is -0.381. The van der Waals surface area contributed by atoms with Crippen LogP contribution in [-0.4, -0.2) is 42.3 Å². The highest BCUT2D eigenvalue weighted by atomic mass is 35.5. The summed E-state index contributed by atoms with van der Waals surface area (Å²) in [5.74, 6) is 0.300. The van der Waals surface area contributed by atoms with Gasteiger partial charge in [-0.1, -0.05) is 60.1 Å². The molecule has 0 bridgehead atoms. The average molecular weight is 504 g/mol. The van der Waals surface area contributed by atoms with Gasteiger partial charge in [-0.15, -0.1) is 0 Å². The van der Waals surface area contributed by atoms with Gasteiger partial charge in [0.25, 0.3) is 0 Å². The molecule has 1 saturated heterocycles. The van der Waals surface area contributed by atoms with Gasteiger partial charge in [-0.25, -0.2) is 4.79 Å². The van der Waals surface area contributed by atoms with E-state index in [0.29, 0.717) is 29.4 Å². The molecule has 3 aromatic carbocycles. The maximum atomic E-state index is 12.7. The number of aliphatic hydroxyl groups is 1. The van der Waals surface area contributed by atoms with Gasteiger partial charge in [0.05, 0.1) is 18.8 Å². The van der Waals surface area contributed by atoms with E-state index >= 15 is 0 Å². The van der Waals surface area contributed by atoms with E-state index in [-0.39, 0.29) is 18.1 Å². The molecular weight excluding hydrogens is 474 g/mol. The lowest BCUT2D eigenvalue weighted by Gasteiger charge is -2.38. The molecule has 1 N–H and O–H groups in total. The minimum absolute atomic E-state index is 0.132. The summed E-state index contributed by atoms with van der Waals surface area (Å²) in [5.41, 5.74) is 5.57. The number of carbonyl (C=O) groups excluding carboxylic acids is 1. The van der Waals surface area contributed by atoms with Gasteiger partial charge in [0.1, 0.15) is 12.4 Å². The Hall–Kier alpha value is -3.12. The van der Waals surface area contributed by atoms with Gasteiger partial charge in [0.15, 0.2) is 0 Å². The molecule has 0 aromatic heterocycles. The van der Waals surface area contributed by atoms with Crippen molar-refractivity contribution in [3.8, 4) is 5.75 Å². The van der Waals surface area contributed by atoms with Crippen molar-refractivity contribution in [2.75, 3.05) is 20.2 Å². The van der Waals surface area contributed by atoms with E-state index in [1.165, 1.54) is 7.11 Å². The van der Waals surface area contributed by atoms with Crippen molar-refractivity contribution in [2.24, 2.45) is 0 Å². The van der Waals surface area contributed by atoms with Crippen molar-refractivity contribution in [3.05, 3.63) is 106 Å². The number of benzene rings is 3. The third-order valence-corrected chi connectivity index (χ3v) is 7.35. The highest BCUT2D eigenvalue weighted by Gasteiger charge is 2.29. The standard InChI is InChI=1S/C30H30ClNO4/c1-35-30(34)26-8-4-10-28-29(26)25(24-7-3-2-6-21(24)19-36-28)9-5-16-32-17-15-23(33)18-27(32)20-11-13-22(31)14-12-20/h2-4,6-14,23,27,33H,5,15-19H2,1H3. The van der Waals surface area contributed by atoms with Gasteiger partial charge in [-0.05, 0) is 65.8 Å². The monoisotopic (exact) mass is 503 g/mol. The number of fused-ring (bicyclic) bond motifs is 2. The Morgan fingerprint density at radius 2 is 1.94 bits per heavy atom. The fourth-order valence-corrected chi connectivity index (χ4v) is 5.42. The zero-order valence-electron chi connectivity index (χ0n) is 20.3. The van der Waals surface area contributed by atoms with Gasteiger partial charge < -0.3 is 14.6 Å². The number of rotatable bonds is 5. The van der Waals surface area contributed by atoms with Gasteiger partial charge in [-0.2, -0.15) is 0 Å². The van der Waals surface area contributed by atoms with E-state index in [9.17, 15) is 9.90 Å². The molecule has 2 aliphatic rings. The van der Waals surface area contributed by atoms with Crippen LogP contribution in [0.1, 0.15) is 57.9 Å². The summed E-state index contributed by atoms with van der Waals surface area (Å²) < 4.78 is 11.2. The molecule has 0 radical (unpaired) electrons. The fraction of sp³-hybridized carbons (Fsp3) is 0.300. The second-order valence-corrected chi connectivity index (χ2v) is 9.74. The van der Waals surface area contributed by atoms with Crippen LogP contribution >= 0.6 is 11.6 Å². The van der Waals surface area contributed by atoms with E-state index in [1.54, 1.807) is 6.07 Å². The summed E-state index contributed by atoms with van der Waals surface area (Å²) >= 11 is 6.11. The second-order valence-electron chi connectivity index (χ2n) is 9.30. The Labute approximate surface area is 216 Å². The number of halogens is 1. The normalized spacial score (nSPS) is 20.7. The summed E-state index contributed by atoms with van der Waals surface area (Å²) in [7, 11) is 1.40. The van der Waals surface area contributed by atoms with Crippen LogP contribution in [0.2, 0.25) is 5.02 Å². The Morgan fingerprint density at radius 1 is 1.14 bits per heavy atom. The van der Waals surface area contributed by atoms with E-state index < -0.39 is 0 Å². The fourth-order valence-electron chi connectivity index (χ4n) is 5.29. The molecule has 0 amide bonds.